The van der Waals surface area contributed by atoms with Gasteiger partial charge in [0.2, 0.25) is 5.91 Å². The minimum Gasteiger partial charge on any atom is -0.494 e. The molecule has 0 aliphatic carbocycles. The molecule has 1 amide bonds. The molecule has 0 bridgehead atoms. The van der Waals surface area contributed by atoms with Crippen LogP contribution >= 0.6 is 0 Å². The molecule has 2 heterocycles. The number of carbonyl (C=O) groups is 1. The zero-order chi connectivity index (χ0) is 22.1. The van der Waals surface area contributed by atoms with Crippen molar-refractivity contribution in [2.24, 2.45) is 0 Å². The maximum absolute atomic E-state index is 12.9. The number of alkyl halides is 3. The molecular formula is C20H22F3N5O2. The molecule has 0 atom stereocenters. The van der Waals surface area contributed by atoms with E-state index in [4.69, 9.17) is 4.74 Å². The number of hydrogen-bond acceptors (Lipinski definition) is 5. The third-order valence-electron chi connectivity index (χ3n) is 4.71. The highest BCUT2D eigenvalue weighted by Crippen LogP contribution is 2.27. The lowest BCUT2D eigenvalue weighted by molar-refractivity contribution is -0.144. The fraction of sp³-hybridized carbons (Fsp3) is 0.400. The van der Waals surface area contributed by atoms with E-state index in [1.54, 1.807) is 25.8 Å². The minimum atomic E-state index is -4.66. The van der Waals surface area contributed by atoms with Gasteiger partial charge in [-0.25, -0.2) is 9.50 Å². The van der Waals surface area contributed by atoms with Crippen LogP contribution in [-0.2, 0) is 23.9 Å². The van der Waals surface area contributed by atoms with Crippen LogP contribution in [0.5, 0.6) is 5.75 Å². The van der Waals surface area contributed by atoms with E-state index in [2.05, 4.69) is 15.1 Å². The number of aryl methyl sites for hydroxylation is 2. The molecule has 0 radical (unpaired) electrons. The Morgan fingerprint density at radius 1 is 1.17 bits per heavy atom. The van der Waals surface area contributed by atoms with Crippen molar-refractivity contribution in [1.29, 1.82) is 0 Å². The number of fused-ring (bicyclic) bond motifs is 1. The predicted octanol–water partition coefficient (Wildman–Crippen LogP) is 3.36. The molecule has 0 unspecified atom stereocenters. The summed E-state index contributed by atoms with van der Waals surface area (Å²) in [5.74, 6) is -0.829. The summed E-state index contributed by atoms with van der Waals surface area (Å²) in [6, 6.07) is 7.44. The van der Waals surface area contributed by atoms with Gasteiger partial charge in [-0.05, 0) is 38.5 Å². The molecule has 0 aliphatic heterocycles. The second kappa shape index (κ2) is 8.29. The Morgan fingerprint density at radius 3 is 2.43 bits per heavy atom. The summed E-state index contributed by atoms with van der Waals surface area (Å²) in [4.78, 5) is 21.8. The third kappa shape index (κ3) is 4.52. The highest BCUT2D eigenvalue weighted by molar-refractivity contribution is 5.79. The molecular weight excluding hydrogens is 399 g/mol. The summed E-state index contributed by atoms with van der Waals surface area (Å²) in [6.07, 6.45) is -4.67. The van der Waals surface area contributed by atoms with E-state index in [-0.39, 0.29) is 18.1 Å². The summed E-state index contributed by atoms with van der Waals surface area (Å²) in [5.41, 5.74) is 2.32. The van der Waals surface area contributed by atoms with Crippen LogP contribution in [0, 0.1) is 13.8 Å². The Balaban J connectivity index is 1.78. The molecule has 0 fully saturated rings. The van der Waals surface area contributed by atoms with Gasteiger partial charge >= 0.3 is 6.18 Å². The Kier molecular flexibility index (Phi) is 5.95. The van der Waals surface area contributed by atoms with Gasteiger partial charge in [-0.15, -0.1) is 5.10 Å². The zero-order valence-electron chi connectivity index (χ0n) is 17.1. The molecule has 0 spiro atoms. The van der Waals surface area contributed by atoms with Gasteiger partial charge in [-0.2, -0.15) is 18.2 Å². The van der Waals surface area contributed by atoms with Crippen molar-refractivity contribution in [3.05, 3.63) is 52.6 Å². The molecule has 160 valence electrons. The molecule has 3 aromatic rings. The number of ether oxygens (including phenoxy) is 1. The van der Waals surface area contributed by atoms with Crippen LogP contribution in [-0.4, -0.2) is 44.0 Å². The molecule has 30 heavy (non-hydrogen) atoms. The number of halogens is 3. The largest absolute Gasteiger partial charge is 0.494 e. The maximum Gasteiger partial charge on any atom is 0.453 e. The molecule has 0 N–H and O–H groups in total. The first-order valence-electron chi connectivity index (χ1n) is 9.36. The topological polar surface area (TPSA) is 72.6 Å². The van der Waals surface area contributed by atoms with E-state index in [0.29, 0.717) is 30.1 Å². The first-order chi connectivity index (χ1) is 14.1. The number of amides is 1. The van der Waals surface area contributed by atoms with Crippen LogP contribution in [0.3, 0.4) is 0 Å². The van der Waals surface area contributed by atoms with Crippen LogP contribution < -0.4 is 4.74 Å². The minimum absolute atomic E-state index is 0.00462. The van der Waals surface area contributed by atoms with Crippen molar-refractivity contribution in [2.75, 3.05) is 13.7 Å². The summed E-state index contributed by atoms with van der Waals surface area (Å²) < 4.78 is 45.2. The van der Waals surface area contributed by atoms with Crippen molar-refractivity contribution in [2.45, 2.75) is 39.9 Å². The third-order valence-corrected chi connectivity index (χ3v) is 4.71. The number of benzene rings is 1. The Labute approximate surface area is 171 Å². The molecule has 3 rings (SSSR count). The lowest BCUT2D eigenvalue weighted by Crippen LogP contribution is -2.28. The van der Waals surface area contributed by atoms with Crippen molar-refractivity contribution < 1.29 is 22.7 Å². The van der Waals surface area contributed by atoms with E-state index in [1.807, 2.05) is 31.2 Å². The fourth-order valence-corrected chi connectivity index (χ4v) is 3.09. The van der Waals surface area contributed by atoms with Gasteiger partial charge in [-0.1, -0.05) is 12.1 Å². The van der Waals surface area contributed by atoms with Gasteiger partial charge < -0.3 is 9.64 Å². The molecule has 0 saturated heterocycles. The lowest BCUT2D eigenvalue weighted by atomic mass is 10.1. The number of likely N-dealkylation sites (N-methyl/N-ethyl adjacent to an activating group) is 1. The first kappa shape index (κ1) is 21.5. The first-order valence-corrected chi connectivity index (χ1v) is 9.36. The summed E-state index contributed by atoms with van der Waals surface area (Å²) >= 11 is 0. The fourth-order valence-electron chi connectivity index (χ4n) is 3.09. The van der Waals surface area contributed by atoms with Crippen LogP contribution in [0.1, 0.15) is 35.3 Å². The van der Waals surface area contributed by atoms with Gasteiger partial charge in [0.25, 0.3) is 11.6 Å². The maximum atomic E-state index is 12.9. The SMILES string of the molecule is CCOc1ccc(CN(C)C(=O)Cc2c(C)nc3nc(C(F)(F)F)nn3c2C)cc1. The molecule has 7 nitrogen and oxygen atoms in total. The zero-order valence-corrected chi connectivity index (χ0v) is 17.1. The monoisotopic (exact) mass is 421 g/mol. The normalized spacial score (nSPS) is 11.7. The average Bonchev–Trinajstić information content (AvgIpc) is 3.11. The van der Waals surface area contributed by atoms with Gasteiger partial charge in [-0.3, -0.25) is 4.79 Å². The van der Waals surface area contributed by atoms with Gasteiger partial charge in [0.05, 0.1) is 13.0 Å². The molecule has 1 aromatic carbocycles. The highest BCUT2D eigenvalue weighted by Gasteiger charge is 2.37. The second-order valence-electron chi connectivity index (χ2n) is 6.91. The summed E-state index contributed by atoms with van der Waals surface area (Å²) in [5, 5.41) is 3.51. The number of hydrogen-bond donors (Lipinski definition) is 0. The van der Waals surface area contributed by atoms with Gasteiger partial charge in [0.1, 0.15) is 5.75 Å². The highest BCUT2D eigenvalue weighted by atomic mass is 19.4. The molecule has 10 heteroatoms. The van der Waals surface area contributed by atoms with Crippen LogP contribution in [0.2, 0.25) is 0 Å². The Hall–Kier alpha value is -3.17. The molecule has 0 aliphatic rings. The number of nitrogens with zero attached hydrogens (tertiary/aromatic N) is 5. The van der Waals surface area contributed by atoms with E-state index < -0.39 is 12.0 Å². The van der Waals surface area contributed by atoms with E-state index >= 15 is 0 Å². The van der Waals surface area contributed by atoms with E-state index in [9.17, 15) is 18.0 Å². The summed E-state index contributed by atoms with van der Waals surface area (Å²) in [7, 11) is 1.67. The van der Waals surface area contributed by atoms with E-state index in [1.165, 1.54) is 0 Å². The molecule has 2 aromatic heterocycles. The lowest BCUT2D eigenvalue weighted by Gasteiger charge is -2.19. The Bertz CT molecular complexity index is 1060. The van der Waals surface area contributed by atoms with Gasteiger partial charge in [0.15, 0.2) is 0 Å². The number of carbonyl (C=O) groups excluding carboxylic acids is 1. The van der Waals surface area contributed by atoms with Crippen molar-refractivity contribution >= 4 is 11.7 Å². The van der Waals surface area contributed by atoms with Crippen LogP contribution in [0.4, 0.5) is 13.2 Å². The molecule has 0 saturated carbocycles. The second-order valence-corrected chi connectivity index (χ2v) is 6.91. The Morgan fingerprint density at radius 2 is 1.83 bits per heavy atom. The van der Waals surface area contributed by atoms with Crippen LogP contribution in [0.25, 0.3) is 5.78 Å². The van der Waals surface area contributed by atoms with Crippen molar-refractivity contribution in [3.8, 4) is 5.75 Å². The van der Waals surface area contributed by atoms with Gasteiger partial charge in [0, 0.05) is 30.5 Å². The predicted molar refractivity (Wildman–Crippen MR) is 103 cm³/mol. The van der Waals surface area contributed by atoms with Crippen molar-refractivity contribution in [3.63, 3.8) is 0 Å². The van der Waals surface area contributed by atoms with E-state index in [0.717, 1.165) is 15.8 Å². The average molecular weight is 421 g/mol. The standard InChI is InChI=1S/C20H22F3N5O2/c1-5-30-15-8-6-14(7-9-15)11-27(4)17(29)10-16-12(2)24-19-25-18(20(21,22)23)26-28(19)13(16)3/h6-9H,5,10-11H2,1-4H3. The quantitative estimate of drug-likeness (QED) is 0.610. The summed E-state index contributed by atoms with van der Waals surface area (Å²) in [6.45, 7) is 6.11. The number of aromatic nitrogens is 4. The smallest absolute Gasteiger partial charge is 0.453 e. The van der Waals surface area contributed by atoms with Crippen molar-refractivity contribution in [1.82, 2.24) is 24.5 Å². The van der Waals surface area contributed by atoms with Crippen LogP contribution in [0.15, 0.2) is 24.3 Å². The number of rotatable bonds is 6.